The number of rotatable bonds is 8. The summed E-state index contributed by atoms with van der Waals surface area (Å²) in [5, 5.41) is 0. The lowest BCUT2D eigenvalue weighted by atomic mass is 10.0. The largest absolute Gasteiger partial charge is 0.471 e. The second-order valence-electron chi connectivity index (χ2n) is 8.25. The molecule has 9 heteroatoms. The van der Waals surface area contributed by atoms with Crippen LogP contribution < -0.4 is 5.73 Å². The van der Waals surface area contributed by atoms with E-state index in [9.17, 15) is 22.8 Å². The molecule has 3 rings (SSSR count). The molecule has 0 unspecified atom stereocenters. The van der Waals surface area contributed by atoms with Gasteiger partial charge in [-0.2, -0.15) is 13.2 Å². The van der Waals surface area contributed by atoms with E-state index in [2.05, 4.69) is 22.6 Å². The van der Waals surface area contributed by atoms with Crippen LogP contribution in [-0.4, -0.2) is 59.5 Å². The molecule has 2 amide bonds. The van der Waals surface area contributed by atoms with Crippen molar-refractivity contribution in [1.29, 1.82) is 0 Å². The minimum Gasteiger partial charge on any atom is -0.337 e. The maximum absolute atomic E-state index is 13.3. The molecule has 1 saturated heterocycles. The molecule has 0 aromatic heterocycles. The Morgan fingerprint density at radius 2 is 1.76 bits per heavy atom. The maximum Gasteiger partial charge on any atom is 0.471 e. The summed E-state index contributed by atoms with van der Waals surface area (Å²) in [5.41, 5.74) is 7.93. The molecular weight excluding hydrogens is 546 g/mol. The molecule has 2 N–H and O–H groups in total. The number of carbonyl (C=O) groups excluding carboxylic acids is 2. The van der Waals surface area contributed by atoms with Gasteiger partial charge in [0.15, 0.2) is 0 Å². The molecule has 178 valence electrons. The molecule has 0 bridgehead atoms. The van der Waals surface area contributed by atoms with Gasteiger partial charge < -0.3 is 15.5 Å². The molecule has 0 spiro atoms. The van der Waals surface area contributed by atoms with Gasteiger partial charge in [-0.3, -0.25) is 9.59 Å². The van der Waals surface area contributed by atoms with E-state index in [0.717, 1.165) is 19.6 Å². The van der Waals surface area contributed by atoms with Gasteiger partial charge in [0.25, 0.3) is 0 Å². The Hall–Kier alpha value is -2.14. The van der Waals surface area contributed by atoms with Gasteiger partial charge in [-0.15, -0.1) is 0 Å². The number of carbonyl (C=O) groups is 2. The number of hydrogen-bond acceptors (Lipinski definition) is 3. The molecule has 1 fully saturated rings. The number of nitrogens with zero attached hydrogens (tertiary/aromatic N) is 2. The van der Waals surface area contributed by atoms with Crippen LogP contribution in [0.4, 0.5) is 13.2 Å². The molecule has 0 radical (unpaired) electrons. The van der Waals surface area contributed by atoms with Gasteiger partial charge in [-0.25, -0.2) is 0 Å². The lowest BCUT2D eigenvalue weighted by Gasteiger charge is -2.32. The Kier molecular flexibility index (Phi) is 8.75. The van der Waals surface area contributed by atoms with Crippen molar-refractivity contribution in [3.8, 4) is 0 Å². The second-order valence-corrected chi connectivity index (χ2v) is 9.49. The Morgan fingerprint density at radius 3 is 2.39 bits per heavy atom. The van der Waals surface area contributed by atoms with Crippen molar-refractivity contribution in [2.45, 2.75) is 43.9 Å². The monoisotopic (exact) mass is 573 g/mol. The number of likely N-dealkylation sites (tertiary alicyclic amines) is 1. The topological polar surface area (TPSA) is 66.6 Å². The minimum absolute atomic E-state index is 0.0738. The standard InChI is InChI=1S/C24H27F3IN3O2/c25-24(26,27)23(33)30(14-12-17-5-2-1-3-6-17)16-20-7-4-13-31(20)22(32)21(29)15-18-8-10-19(28)11-9-18/h1-3,5-6,8-11,20-21H,4,7,12-16,29H2/t20-,21-/m0/s1. The first kappa shape index (κ1) is 25.5. The number of alkyl halides is 3. The fraction of sp³-hybridized carbons (Fsp3) is 0.417. The lowest BCUT2D eigenvalue weighted by molar-refractivity contribution is -0.186. The zero-order valence-electron chi connectivity index (χ0n) is 18.1. The Balaban J connectivity index is 1.67. The van der Waals surface area contributed by atoms with E-state index in [-0.39, 0.29) is 19.0 Å². The summed E-state index contributed by atoms with van der Waals surface area (Å²) in [6.07, 6.45) is -3.12. The molecule has 0 saturated carbocycles. The van der Waals surface area contributed by atoms with E-state index in [1.807, 2.05) is 42.5 Å². The third-order valence-corrected chi connectivity index (χ3v) is 6.54. The van der Waals surface area contributed by atoms with Crippen LogP contribution in [0, 0.1) is 3.57 Å². The SMILES string of the molecule is N[C@@H](Cc1ccc(I)cc1)C(=O)N1CCC[C@H]1CN(CCc1ccccc1)C(=O)C(F)(F)F. The highest BCUT2D eigenvalue weighted by molar-refractivity contribution is 14.1. The maximum atomic E-state index is 13.3. The van der Waals surface area contributed by atoms with Crippen LogP contribution in [0.15, 0.2) is 54.6 Å². The van der Waals surface area contributed by atoms with Crippen LogP contribution in [0.5, 0.6) is 0 Å². The average Bonchev–Trinajstić information content (AvgIpc) is 3.25. The molecule has 0 aliphatic carbocycles. The predicted molar refractivity (Wildman–Crippen MR) is 128 cm³/mol. The van der Waals surface area contributed by atoms with E-state index in [0.29, 0.717) is 32.2 Å². The van der Waals surface area contributed by atoms with Crippen molar-refractivity contribution in [1.82, 2.24) is 9.80 Å². The summed E-state index contributed by atoms with van der Waals surface area (Å²) < 4.78 is 40.9. The third kappa shape index (κ3) is 7.17. The van der Waals surface area contributed by atoms with Gasteiger partial charge in [0.05, 0.1) is 6.04 Å². The summed E-state index contributed by atoms with van der Waals surface area (Å²) >= 11 is 2.19. The van der Waals surface area contributed by atoms with E-state index in [1.165, 1.54) is 0 Å². The fourth-order valence-electron chi connectivity index (χ4n) is 4.11. The van der Waals surface area contributed by atoms with Crippen LogP contribution in [0.1, 0.15) is 24.0 Å². The van der Waals surface area contributed by atoms with Crippen LogP contribution in [-0.2, 0) is 22.4 Å². The lowest BCUT2D eigenvalue weighted by Crippen LogP contribution is -2.52. The van der Waals surface area contributed by atoms with E-state index in [1.54, 1.807) is 17.0 Å². The summed E-state index contributed by atoms with van der Waals surface area (Å²) in [4.78, 5) is 27.5. The number of hydrogen-bond donors (Lipinski definition) is 1. The average molecular weight is 573 g/mol. The quantitative estimate of drug-likeness (QED) is 0.489. The molecule has 33 heavy (non-hydrogen) atoms. The summed E-state index contributed by atoms with van der Waals surface area (Å²) in [6, 6.07) is 15.4. The fourth-order valence-corrected chi connectivity index (χ4v) is 4.47. The van der Waals surface area contributed by atoms with Crippen LogP contribution in [0.3, 0.4) is 0 Å². The first-order chi connectivity index (χ1) is 15.6. The smallest absolute Gasteiger partial charge is 0.337 e. The summed E-state index contributed by atoms with van der Waals surface area (Å²) in [7, 11) is 0. The van der Waals surface area contributed by atoms with Crippen molar-refractivity contribution in [3.05, 3.63) is 69.3 Å². The van der Waals surface area contributed by atoms with Gasteiger partial charge in [0.2, 0.25) is 5.91 Å². The van der Waals surface area contributed by atoms with Gasteiger partial charge >= 0.3 is 12.1 Å². The van der Waals surface area contributed by atoms with E-state index in [4.69, 9.17) is 5.73 Å². The zero-order valence-corrected chi connectivity index (χ0v) is 20.3. The number of nitrogens with two attached hydrogens (primary N) is 1. The Morgan fingerprint density at radius 1 is 1.09 bits per heavy atom. The highest BCUT2D eigenvalue weighted by atomic mass is 127. The van der Waals surface area contributed by atoms with Crippen LogP contribution >= 0.6 is 22.6 Å². The van der Waals surface area contributed by atoms with Gasteiger partial charge in [-0.05, 0) is 71.5 Å². The van der Waals surface area contributed by atoms with Crippen molar-refractivity contribution in [3.63, 3.8) is 0 Å². The van der Waals surface area contributed by atoms with Gasteiger partial charge in [0, 0.05) is 29.2 Å². The van der Waals surface area contributed by atoms with Crippen molar-refractivity contribution >= 4 is 34.4 Å². The van der Waals surface area contributed by atoms with E-state index >= 15 is 0 Å². The molecular formula is C24H27F3IN3O2. The highest BCUT2D eigenvalue weighted by Gasteiger charge is 2.44. The Labute approximate surface area is 205 Å². The second kappa shape index (κ2) is 11.3. The number of amides is 2. The van der Waals surface area contributed by atoms with Crippen LogP contribution in [0.25, 0.3) is 0 Å². The first-order valence-electron chi connectivity index (χ1n) is 10.9. The molecule has 5 nitrogen and oxygen atoms in total. The summed E-state index contributed by atoms with van der Waals surface area (Å²) in [6.45, 7) is 0.194. The van der Waals surface area contributed by atoms with Crippen LogP contribution in [0.2, 0.25) is 0 Å². The molecule has 2 aromatic carbocycles. The first-order valence-corrected chi connectivity index (χ1v) is 11.9. The molecule has 1 heterocycles. The van der Waals surface area contributed by atoms with Gasteiger partial charge in [0.1, 0.15) is 0 Å². The highest BCUT2D eigenvalue weighted by Crippen LogP contribution is 2.24. The molecule has 1 aliphatic heterocycles. The van der Waals surface area contributed by atoms with E-state index < -0.39 is 24.2 Å². The van der Waals surface area contributed by atoms with Crippen molar-refractivity contribution in [2.75, 3.05) is 19.6 Å². The third-order valence-electron chi connectivity index (χ3n) is 5.82. The predicted octanol–water partition coefficient (Wildman–Crippen LogP) is 3.79. The van der Waals surface area contributed by atoms with Crippen molar-refractivity contribution in [2.24, 2.45) is 5.73 Å². The number of benzene rings is 2. The van der Waals surface area contributed by atoms with Gasteiger partial charge in [-0.1, -0.05) is 42.5 Å². The molecule has 2 aromatic rings. The minimum atomic E-state index is -4.97. The normalized spacial score (nSPS) is 17.1. The molecule has 1 aliphatic rings. The Bertz CT molecular complexity index is 938. The summed E-state index contributed by atoms with van der Waals surface area (Å²) in [5.74, 6) is -2.17. The van der Waals surface area contributed by atoms with Crippen molar-refractivity contribution < 1.29 is 22.8 Å². The molecule has 2 atom stereocenters. The number of halogens is 4. The zero-order chi connectivity index (χ0) is 24.0.